The minimum atomic E-state index is -0.838. The van der Waals surface area contributed by atoms with Gasteiger partial charge in [-0.3, -0.25) is 0 Å². The van der Waals surface area contributed by atoms with Crippen molar-refractivity contribution >= 4 is 11.6 Å². The Balaban J connectivity index is 2.52. The Morgan fingerprint density at radius 1 is 1.44 bits per heavy atom. The zero-order chi connectivity index (χ0) is 13.7. The average molecular weight is 258 g/mol. The molecule has 102 valence electrons. The van der Waals surface area contributed by atoms with Crippen molar-refractivity contribution in [3.05, 3.63) is 17.7 Å². The summed E-state index contributed by atoms with van der Waals surface area (Å²) < 4.78 is 26.2. The second-order valence-electron chi connectivity index (χ2n) is 4.35. The summed E-state index contributed by atoms with van der Waals surface area (Å²) in [5.41, 5.74) is 5.29. The van der Waals surface area contributed by atoms with Crippen molar-refractivity contribution in [2.75, 3.05) is 31.2 Å². The van der Waals surface area contributed by atoms with Crippen LogP contribution in [0.3, 0.4) is 0 Å². The van der Waals surface area contributed by atoms with Gasteiger partial charge in [-0.25, -0.2) is 13.8 Å². The molecule has 1 aromatic heterocycles. The van der Waals surface area contributed by atoms with Crippen LogP contribution in [0.5, 0.6) is 0 Å². The standard InChI is InChI=1S/C12H20F2N4/c1-4-8(2)18(3)6-5-16-12-10(14)7-9(13)11(15)17-12/h7-8H,4-6H2,1-3H3,(H3,15,16,17). The number of halogens is 2. The first-order valence-electron chi connectivity index (χ1n) is 6.01. The van der Waals surface area contributed by atoms with Crippen LogP contribution in [0.2, 0.25) is 0 Å². The third-order valence-electron chi connectivity index (χ3n) is 3.06. The maximum Gasteiger partial charge on any atom is 0.168 e. The highest BCUT2D eigenvalue weighted by atomic mass is 19.1. The van der Waals surface area contributed by atoms with E-state index in [9.17, 15) is 8.78 Å². The van der Waals surface area contributed by atoms with Crippen molar-refractivity contribution in [1.29, 1.82) is 0 Å². The maximum atomic E-state index is 13.3. The van der Waals surface area contributed by atoms with E-state index in [1.165, 1.54) is 0 Å². The van der Waals surface area contributed by atoms with Gasteiger partial charge >= 0.3 is 0 Å². The molecule has 3 N–H and O–H groups in total. The summed E-state index contributed by atoms with van der Waals surface area (Å²) in [5, 5.41) is 2.82. The molecule has 0 aliphatic heterocycles. The molecule has 6 heteroatoms. The van der Waals surface area contributed by atoms with E-state index < -0.39 is 11.6 Å². The maximum absolute atomic E-state index is 13.3. The number of nitrogens with zero attached hydrogens (tertiary/aromatic N) is 2. The van der Waals surface area contributed by atoms with E-state index in [2.05, 4.69) is 29.0 Å². The molecule has 1 unspecified atom stereocenters. The lowest BCUT2D eigenvalue weighted by Gasteiger charge is -2.23. The van der Waals surface area contributed by atoms with E-state index >= 15 is 0 Å². The van der Waals surface area contributed by atoms with Gasteiger partial charge in [0.05, 0.1) is 0 Å². The van der Waals surface area contributed by atoms with Crippen molar-refractivity contribution < 1.29 is 8.78 Å². The molecule has 0 spiro atoms. The minimum Gasteiger partial charge on any atom is -0.381 e. The fraction of sp³-hybridized carbons (Fsp3) is 0.583. The molecule has 1 rings (SSSR count). The molecule has 1 heterocycles. The van der Waals surface area contributed by atoms with E-state index in [4.69, 9.17) is 5.73 Å². The number of likely N-dealkylation sites (N-methyl/N-ethyl adjacent to an activating group) is 1. The Morgan fingerprint density at radius 3 is 2.72 bits per heavy atom. The highest BCUT2D eigenvalue weighted by Gasteiger charge is 2.10. The van der Waals surface area contributed by atoms with Gasteiger partial charge in [0, 0.05) is 25.2 Å². The van der Waals surface area contributed by atoms with Crippen LogP contribution in [-0.4, -0.2) is 36.1 Å². The van der Waals surface area contributed by atoms with Crippen LogP contribution < -0.4 is 11.1 Å². The first-order valence-corrected chi connectivity index (χ1v) is 6.01. The average Bonchev–Trinajstić information content (AvgIpc) is 2.34. The normalized spacial score (nSPS) is 12.8. The van der Waals surface area contributed by atoms with Gasteiger partial charge in [-0.1, -0.05) is 6.92 Å². The second-order valence-corrected chi connectivity index (χ2v) is 4.35. The third-order valence-corrected chi connectivity index (χ3v) is 3.06. The number of pyridine rings is 1. The van der Waals surface area contributed by atoms with Crippen LogP contribution in [0.15, 0.2) is 6.07 Å². The molecule has 1 atom stereocenters. The molecular formula is C12H20F2N4. The molecule has 0 bridgehead atoms. The molecule has 18 heavy (non-hydrogen) atoms. The van der Waals surface area contributed by atoms with Crippen molar-refractivity contribution in [2.45, 2.75) is 26.3 Å². The molecule has 1 aromatic rings. The number of hydrogen-bond donors (Lipinski definition) is 2. The van der Waals surface area contributed by atoms with E-state index in [-0.39, 0.29) is 11.6 Å². The van der Waals surface area contributed by atoms with Crippen LogP contribution in [0.25, 0.3) is 0 Å². The van der Waals surface area contributed by atoms with Gasteiger partial charge in [0.15, 0.2) is 23.3 Å². The Morgan fingerprint density at radius 2 is 2.11 bits per heavy atom. The summed E-state index contributed by atoms with van der Waals surface area (Å²) in [7, 11) is 2.00. The van der Waals surface area contributed by atoms with Gasteiger partial charge in [0.25, 0.3) is 0 Å². The second kappa shape index (κ2) is 6.49. The van der Waals surface area contributed by atoms with E-state index in [1.807, 2.05) is 7.05 Å². The zero-order valence-corrected chi connectivity index (χ0v) is 11.0. The van der Waals surface area contributed by atoms with E-state index in [0.717, 1.165) is 19.0 Å². The Hall–Kier alpha value is -1.43. The van der Waals surface area contributed by atoms with Gasteiger partial charge in [-0.15, -0.1) is 0 Å². The summed E-state index contributed by atoms with van der Waals surface area (Å²) in [6, 6.07) is 1.20. The predicted octanol–water partition coefficient (Wildman–Crippen LogP) is 2.08. The number of nitrogens with one attached hydrogen (secondary N) is 1. The molecular weight excluding hydrogens is 238 g/mol. The lowest BCUT2D eigenvalue weighted by Crippen LogP contribution is -2.32. The lowest BCUT2D eigenvalue weighted by atomic mass is 10.2. The summed E-state index contributed by atoms with van der Waals surface area (Å²) in [4.78, 5) is 5.78. The Kier molecular flexibility index (Phi) is 5.27. The molecule has 0 aliphatic rings. The van der Waals surface area contributed by atoms with Gasteiger partial charge in [-0.2, -0.15) is 0 Å². The van der Waals surface area contributed by atoms with Crippen LogP contribution in [0.4, 0.5) is 20.4 Å². The minimum absolute atomic E-state index is 0.00792. The van der Waals surface area contributed by atoms with Gasteiger partial charge in [0.2, 0.25) is 0 Å². The number of hydrogen-bond acceptors (Lipinski definition) is 4. The Bertz CT molecular complexity index is 398. The van der Waals surface area contributed by atoms with Gasteiger partial charge in [0.1, 0.15) is 0 Å². The van der Waals surface area contributed by atoms with Crippen LogP contribution in [0, 0.1) is 11.6 Å². The van der Waals surface area contributed by atoms with Crippen LogP contribution in [-0.2, 0) is 0 Å². The largest absolute Gasteiger partial charge is 0.381 e. The zero-order valence-electron chi connectivity index (χ0n) is 11.0. The molecule has 0 radical (unpaired) electrons. The Labute approximate surface area is 106 Å². The molecule has 4 nitrogen and oxygen atoms in total. The molecule has 0 aliphatic carbocycles. The monoisotopic (exact) mass is 258 g/mol. The van der Waals surface area contributed by atoms with Crippen molar-refractivity contribution in [1.82, 2.24) is 9.88 Å². The molecule has 0 fully saturated rings. The first kappa shape index (κ1) is 14.6. The summed E-state index contributed by atoms with van der Waals surface area (Å²) in [6.45, 7) is 5.49. The highest BCUT2D eigenvalue weighted by molar-refractivity contribution is 5.44. The van der Waals surface area contributed by atoms with E-state index in [0.29, 0.717) is 12.6 Å². The predicted molar refractivity (Wildman–Crippen MR) is 69.4 cm³/mol. The van der Waals surface area contributed by atoms with Crippen LogP contribution >= 0.6 is 0 Å². The quantitative estimate of drug-likeness (QED) is 0.820. The number of anilines is 2. The van der Waals surface area contributed by atoms with Gasteiger partial charge < -0.3 is 16.0 Å². The SMILES string of the molecule is CCC(C)N(C)CCNc1nc(N)c(F)cc1F. The summed E-state index contributed by atoms with van der Waals surface area (Å²) >= 11 is 0. The summed E-state index contributed by atoms with van der Waals surface area (Å²) in [5.74, 6) is -1.87. The molecule has 0 amide bonds. The fourth-order valence-electron chi connectivity index (χ4n) is 1.49. The van der Waals surface area contributed by atoms with Crippen LogP contribution in [0.1, 0.15) is 20.3 Å². The van der Waals surface area contributed by atoms with Crippen molar-refractivity contribution in [3.8, 4) is 0 Å². The number of rotatable bonds is 6. The molecule has 0 saturated carbocycles. The van der Waals surface area contributed by atoms with E-state index in [1.54, 1.807) is 0 Å². The molecule has 0 aromatic carbocycles. The number of aromatic nitrogens is 1. The first-order chi connectivity index (χ1) is 8.45. The number of nitrogen functional groups attached to an aromatic ring is 1. The topological polar surface area (TPSA) is 54.2 Å². The third kappa shape index (κ3) is 3.80. The van der Waals surface area contributed by atoms with Gasteiger partial charge in [-0.05, 0) is 20.4 Å². The number of nitrogens with two attached hydrogens (primary N) is 1. The molecule has 0 saturated heterocycles. The smallest absolute Gasteiger partial charge is 0.168 e. The van der Waals surface area contributed by atoms with Crippen molar-refractivity contribution in [3.63, 3.8) is 0 Å². The fourth-order valence-corrected chi connectivity index (χ4v) is 1.49. The summed E-state index contributed by atoms with van der Waals surface area (Å²) in [6.07, 6.45) is 1.05. The lowest BCUT2D eigenvalue weighted by molar-refractivity contribution is 0.261. The van der Waals surface area contributed by atoms with Crippen molar-refractivity contribution in [2.24, 2.45) is 0 Å². The highest BCUT2D eigenvalue weighted by Crippen LogP contribution is 2.16.